The van der Waals surface area contributed by atoms with E-state index in [1.807, 2.05) is 25.1 Å². The summed E-state index contributed by atoms with van der Waals surface area (Å²) in [6.07, 6.45) is 3.47. The van der Waals surface area contributed by atoms with Crippen molar-refractivity contribution in [2.24, 2.45) is 0 Å². The summed E-state index contributed by atoms with van der Waals surface area (Å²) in [4.78, 5) is 12.2. The number of rotatable bonds is 7. The number of halogens is 1. The summed E-state index contributed by atoms with van der Waals surface area (Å²) < 4.78 is 0.978. The lowest BCUT2D eigenvalue weighted by Crippen LogP contribution is -2.15. The quantitative estimate of drug-likeness (QED) is 0.702. The van der Waals surface area contributed by atoms with Gasteiger partial charge in [0, 0.05) is 16.7 Å². The van der Waals surface area contributed by atoms with Gasteiger partial charge in [-0.25, -0.2) is 0 Å². The molecule has 0 fully saturated rings. The van der Waals surface area contributed by atoms with E-state index in [1.165, 1.54) is 12.8 Å². The molecule has 23 heavy (non-hydrogen) atoms. The number of unbranched alkanes of at least 4 members (excludes halogenated alkanes) is 2. The summed E-state index contributed by atoms with van der Waals surface area (Å²) in [5.41, 5.74) is 2.04. The van der Waals surface area contributed by atoms with Crippen molar-refractivity contribution < 1.29 is 4.79 Å². The Morgan fingerprint density at radius 3 is 2.65 bits per heavy atom. The first kappa shape index (κ1) is 17.4. The standard InChI is InChI=1S/C17H21BrN4O/c1-3-4-5-10-19-16-9-8-15(21-22-16)17(23)20-14-7-6-13(18)11-12(14)2/h6-9,11H,3-5,10H2,1-2H3,(H,19,22)(H,20,23). The number of anilines is 2. The van der Waals surface area contributed by atoms with Crippen molar-refractivity contribution in [2.45, 2.75) is 33.1 Å². The molecule has 2 N–H and O–H groups in total. The van der Waals surface area contributed by atoms with Gasteiger partial charge in [-0.1, -0.05) is 35.7 Å². The van der Waals surface area contributed by atoms with E-state index in [0.29, 0.717) is 11.5 Å². The third kappa shape index (κ3) is 5.32. The number of benzene rings is 1. The van der Waals surface area contributed by atoms with Crippen molar-refractivity contribution in [1.29, 1.82) is 0 Å². The van der Waals surface area contributed by atoms with Crippen LogP contribution in [0.25, 0.3) is 0 Å². The van der Waals surface area contributed by atoms with Gasteiger partial charge in [0.05, 0.1) is 0 Å². The molecule has 122 valence electrons. The molecular weight excluding hydrogens is 356 g/mol. The Labute approximate surface area is 145 Å². The summed E-state index contributed by atoms with van der Waals surface area (Å²) in [7, 11) is 0. The summed E-state index contributed by atoms with van der Waals surface area (Å²) in [6, 6.07) is 9.15. The van der Waals surface area contributed by atoms with Gasteiger partial charge in [0.2, 0.25) is 0 Å². The molecule has 1 aromatic carbocycles. The lowest BCUT2D eigenvalue weighted by atomic mass is 10.2. The van der Waals surface area contributed by atoms with Crippen LogP contribution in [-0.4, -0.2) is 22.6 Å². The molecule has 1 aromatic heterocycles. The molecule has 2 aromatic rings. The van der Waals surface area contributed by atoms with Crippen LogP contribution in [0.4, 0.5) is 11.5 Å². The van der Waals surface area contributed by atoms with Crippen LogP contribution in [0.2, 0.25) is 0 Å². The maximum Gasteiger partial charge on any atom is 0.276 e. The van der Waals surface area contributed by atoms with Gasteiger partial charge >= 0.3 is 0 Å². The molecule has 0 saturated carbocycles. The molecule has 2 rings (SSSR count). The van der Waals surface area contributed by atoms with Crippen molar-refractivity contribution in [3.05, 3.63) is 46.1 Å². The van der Waals surface area contributed by atoms with Crippen LogP contribution >= 0.6 is 15.9 Å². The Balaban J connectivity index is 1.94. The molecular formula is C17H21BrN4O. The summed E-state index contributed by atoms with van der Waals surface area (Å²) >= 11 is 3.40. The molecule has 0 bridgehead atoms. The number of hydrogen-bond acceptors (Lipinski definition) is 4. The van der Waals surface area contributed by atoms with Crippen LogP contribution in [0, 0.1) is 6.92 Å². The summed E-state index contributed by atoms with van der Waals surface area (Å²) in [5.74, 6) is 0.429. The molecule has 0 aliphatic rings. The number of hydrogen-bond donors (Lipinski definition) is 2. The first-order valence-corrected chi connectivity index (χ1v) is 8.54. The smallest absolute Gasteiger partial charge is 0.276 e. The first-order valence-electron chi connectivity index (χ1n) is 7.75. The zero-order valence-electron chi connectivity index (χ0n) is 13.4. The highest BCUT2D eigenvalue weighted by Crippen LogP contribution is 2.20. The van der Waals surface area contributed by atoms with Crippen molar-refractivity contribution in [3.8, 4) is 0 Å². The SMILES string of the molecule is CCCCCNc1ccc(C(=O)Nc2ccc(Br)cc2C)nn1. The predicted molar refractivity (Wildman–Crippen MR) is 96.9 cm³/mol. The van der Waals surface area contributed by atoms with E-state index >= 15 is 0 Å². The lowest BCUT2D eigenvalue weighted by molar-refractivity contribution is 0.102. The zero-order chi connectivity index (χ0) is 16.7. The van der Waals surface area contributed by atoms with Crippen LogP contribution in [0.3, 0.4) is 0 Å². The Kier molecular flexibility index (Phi) is 6.52. The van der Waals surface area contributed by atoms with E-state index in [4.69, 9.17) is 0 Å². The minimum atomic E-state index is -0.263. The predicted octanol–water partition coefficient (Wildman–Crippen LogP) is 4.40. The minimum absolute atomic E-state index is 0.263. The monoisotopic (exact) mass is 376 g/mol. The number of nitrogens with one attached hydrogen (secondary N) is 2. The molecule has 6 heteroatoms. The molecule has 0 unspecified atom stereocenters. The van der Waals surface area contributed by atoms with Crippen molar-refractivity contribution in [2.75, 3.05) is 17.2 Å². The number of aromatic nitrogens is 2. The third-order valence-electron chi connectivity index (χ3n) is 3.42. The van der Waals surface area contributed by atoms with E-state index < -0.39 is 0 Å². The van der Waals surface area contributed by atoms with Gasteiger partial charge in [-0.2, -0.15) is 0 Å². The summed E-state index contributed by atoms with van der Waals surface area (Å²) in [5, 5.41) is 14.1. The second-order valence-corrected chi connectivity index (χ2v) is 6.27. The Hall–Kier alpha value is -1.95. The van der Waals surface area contributed by atoms with E-state index in [0.717, 1.165) is 28.7 Å². The van der Waals surface area contributed by atoms with Gasteiger partial charge < -0.3 is 10.6 Å². The number of carbonyl (C=O) groups excluding carboxylic acids is 1. The zero-order valence-corrected chi connectivity index (χ0v) is 15.0. The van der Waals surface area contributed by atoms with Crippen LogP contribution < -0.4 is 10.6 Å². The lowest BCUT2D eigenvalue weighted by Gasteiger charge is -2.09. The molecule has 0 saturated heterocycles. The second-order valence-electron chi connectivity index (χ2n) is 5.35. The van der Waals surface area contributed by atoms with E-state index in [9.17, 15) is 4.79 Å². The maximum absolute atomic E-state index is 12.2. The molecule has 0 spiro atoms. The minimum Gasteiger partial charge on any atom is -0.369 e. The van der Waals surface area contributed by atoms with Crippen molar-refractivity contribution >= 4 is 33.3 Å². The Morgan fingerprint density at radius 2 is 2.00 bits per heavy atom. The van der Waals surface area contributed by atoms with E-state index in [2.05, 4.69) is 43.7 Å². The molecule has 1 heterocycles. The van der Waals surface area contributed by atoms with Gasteiger partial charge in [0.1, 0.15) is 5.82 Å². The second kappa shape index (κ2) is 8.62. The van der Waals surface area contributed by atoms with Crippen molar-refractivity contribution in [3.63, 3.8) is 0 Å². The first-order chi connectivity index (χ1) is 11.1. The number of amides is 1. The van der Waals surface area contributed by atoms with E-state index in [1.54, 1.807) is 12.1 Å². The van der Waals surface area contributed by atoms with Crippen LogP contribution in [0.15, 0.2) is 34.8 Å². The molecule has 0 aliphatic heterocycles. The van der Waals surface area contributed by atoms with Gasteiger partial charge in [-0.05, 0) is 49.2 Å². The van der Waals surface area contributed by atoms with Crippen LogP contribution in [-0.2, 0) is 0 Å². The van der Waals surface area contributed by atoms with Gasteiger partial charge in [-0.3, -0.25) is 4.79 Å². The largest absolute Gasteiger partial charge is 0.369 e. The topological polar surface area (TPSA) is 66.9 Å². The van der Waals surface area contributed by atoms with Crippen molar-refractivity contribution in [1.82, 2.24) is 10.2 Å². The fourth-order valence-electron chi connectivity index (χ4n) is 2.09. The van der Waals surface area contributed by atoms with Gasteiger partial charge in [-0.15, -0.1) is 10.2 Å². The highest BCUT2D eigenvalue weighted by Gasteiger charge is 2.10. The highest BCUT2D eigenvalue weighted by atomic mass is 79.9. The molecule has 5 nitrogen and oxygen atoms in total. The molecule has 0 atom stereocenters. The summed E-state index contributed by atoms with van der Waals surface area (Å²) in [6.45, 7) is 4.97. The Bertz CT molecular complexity index is 658. The molecule has 0 aliphatic carbocycles. The fraction of sp³-hybridized carbons (Fsp3) is 0.353. The number of carbonyl (C=O) groups is 1. The van der Waals surface area contributed by atoms with Crippen LogP contribution in [0.5, 0.6) is 0 Å². The average Bonchev–Trinajstić information content (AvgIpc) is 2.55. The third-order valence-corrected chi connectivity index (χ3v) is 3.91. The van der Waals surface area contributed by atoms with Gasteiger partial charge in [0.15, 0.2) is 5.69 Å². The highest BCUT2D eigenvalue weighted by molar-refractivity contribution is 9.10. The fourth-order valence-corrected chi connectivity index (χ4v) is 2.57. The Morgan fingerprint density at radius 1 is 1.17 bits per heavy atom. The molecule has 0 radical (unpaired) electrons. The number of aryl methyl sites for hydroxylation is 1. The average molecular weight is 377 g/mol. The molecule has 1 amide bonds. The van der Waals surface area contributed by atoms with Crippen LogP contribution in [0.1, 0.15) is 42.2 Å². The normalized spacial score (nSPS) is 10.4. The maximum atomic E-state index is 12.2. The van der Waals surface area contributed by atoms with Gasteiger partial charge in [0.25, 0.3) is 5.91 Å². The number of nitrogens with zero attached hydrogens (tertiary/aromatic N) is 2. The van der Waals surface area contributed by atoms with E-state index in [-0.39, 0.29) is 5.91 Å².